The number of hydrogen-bond acceptors (Lipinski definition) is 16. The number of nitrogens with zero attached hydrogens (tertiary/aromatic N) is 8. The van der Waals surface area contributed by atoms with Crippen LogP contribution in [0.5, 0.6) is 0 Å². The van der Waals surface area contributed by atoms with E-state index in [0.29, 0.717) is 42.2 Å². The second-order valence-electron chi connectivity index (χ2n) is 10.7. The summed E-state index contributed by atoms with van der Waals surface area (Å²) in [5.74, 6) is 0.810. The molecule has 262 valence electrons. The van der Waals surface area contributed by atoms with E-state index in [4.69, 9.17) is 18.5 Å². The molecule has 2 fully saturated rings. The van der Waals surface area contributed by atoms with Gasteiger partial charge in [0, 0.05) is 13.1 Å². The molecule has 0 bridgehead atoms. The van der Waals surface area contributed by atoms with Crippen molar-refractivity contribution in [3.8, 4) is 0 Å². The van der Waals surface area contributed by atoms with Gasteiger partial charge in [-0.15, -0.1) is 9.05 Å². The molecule has 18 nitrogen and oxygen atoms in total. The van der Waals surface area contributed by atoms with Gasteiger partial charge in [-0.1, -0.05) is 12.2 Å². The van der Waals surface area contributed by atoms with Crippen LogP contribution in [0.4, 0.5) is 20.4 Å². The van der Waals surface area contributed by atoms with Crippen molar-refractivity contribution < 1.29 is 46.6 Å². The predicted molar refractivity (Wildman–Crippen MR) is 176 cm³/mol. The van der Waals surface area contributed by atoms with Crippen molar-refractivity contribution in [1.29, 1.82) is 0 Å². The highest BCUT2D eigenvalue weighted by molar-refractivity contribution is 8.39. The van der Waals surface area contributed by atoms with Gasteiger partial charge in [0.1, 0.15) is 49.4 Å². The summed E-state index contributed by atoms with van der Waals surface area (Å²) in [6.45, 7) is -0.261. The first-order valence-electron chi connectivity index (χ1n) is 14.7. The summed E-state index contributed by atoms with van der Waals surface area (Å²) in [6.07, 6.45) is -1.06. The molecule has 6 unspecified atom stereocenters. The third kappa shape index (κ3) is 7.53. The van der Waals surface area contributed by atoms with Crippen LogP contribution < -0.4 is 10.6 Å². The highest BCUT2D eigenvalue weighted by Crippen LogP contribution is 2.42. The quantitative estimate of drug-likeness (QED) is 0.0444. The zero-order valence-corrected chi connectivity index (χ0v) is 28.7. The molecule has 0 aromatic carbocycles. The van der Waals surface area contributed by atoms with E-state index in [1.54, 1.807) is 0 Å². The number of imidazole rings is 2. The number of aliphatic hydroxyl groups is 2. The number of aliphatic hydroxyl groups excluding tert-OH is 2. The van der Waals surface area contributed by atoms with Crippen molar-refractivity contribution in [3.63, 3.8) is 0 Å². The molecule has 0 amide bonds. The summed E-state index contributed by atoms with van der Waals surface area (Å²) in [7, 11) is -4.85. The standard InChI is InChI=1S/C25H28F2N10O8P2S2/c26-14-18(44-46(40)48)12(6-38)42-24(14)36-10-34-16-20(30-8-32-22(16)36)28-4-2-1-3-5-29-21-17-23(33-9-31-21)37(11-35-17)25-15(27)19(45-47(41)49)13(7-39)43-25/h1-2,8-15,18-19,24-25,38-39H,3-7H2,(H2-2,28,29,30,31,32,33,40,41,48,49)/p+2/b2-1+/t12?,13?,14-,15-,18?,19-,24?,25-/m1/s1. The summed E-state index contributed by atoms with van der Waals surface area (Å²) in [6, 6.07) is 0. The molecule has 4 N–H and O–H groups in total. The van der Waals surface area contributed by atoms with Gasteiger partial charge in [0.15, 0.2) is 71.0 Å². The van der Waals surface area contributed by atoms with Crippen molar-refractivity contribution >= 4 is 72.9 Å². The molecule has 24 heteroatoms. The number of halogens is 2. The largest absolute Gasteiger partial charge is 0.582 e. The van der Waals surface area contributed by atoms with Crippen molar-refractivity contribution in [2.75, 3.05) is 36.9 Å². The summed E-state index contributed by atoms with van der Waals surface area (Å²) in [4.78, 5) is 25.5. The number of ether oxygens (including phenoxy) is 2. The van der Waals surface area contributed by atoms with Crippen LogP contribution in [0.3, 0.4) is 0 Å². The SMILES string of the molecule is O=[P+](S)OC1C(CO)OC(n2cnc3c(NC/C=C/CCNc4ncnc5c4ncn5[C@@H]4OC(CO)[C@@H](O[P+](=O)S)[C@H]4F)ncnc32)[C@@H]1F. The molecule has 2 aliphatic rings. The Morgan fingerprint density at radius 3 is 1.76 bits per heavy atom. The number of nitrogens with one attached hydrogen (secondary N) is 2. The van der Waals surface area contributed by atoms with E-state index >= 15 is 8.78 Å². The van der Waals surface area contributed by atoms with E-state index in [0.717, 1.165) is 0 Å². The predicted octanol–water partition coefficient (Wildman–Crippen LogP) is 2.84. The molecule has 6 heterocycles. The molecule has 4 aromatic rings. The van der Waals surface area contributed by atoms with Gasteiger partial charge in [-0.2, -0.15) is 0 Å². The van der Waals surface area contributed by atoms with E-state index in [-0.39, 0.29) is 11.3 Å². The van der Waals surface area contributed by atoms with Crippen LogP contribution in [0.25, 0.3) is 22.3 Å². The lowest BCUT2D eigenvalue weighted by Crippen LogP contribution is -2.31. The fraction of sp³-hybridized carbons (Fsp3) is 0.520. The lowest BCUT2D eigenvalue weighted by molar-refractivity contribution is -0.0427. The number of anilines is 2. The van der Waals surface area contributed by atoms with Gasteiger partial charge in [0.25, 0.3) is 0 Å². The second-order valence-corrected chi connectivity index (χ2v) is 14.0. The van der Waals surface area contributed by atoms with Crippen LogP contribution in [0.15, 0.2) is 37.5 Å². The van der Waals surface area contributed by atoms with Crippen molar-refractivity contribution in [3.05, 3.63) is 37.5 Å². The van der Waals surface area contributed by atoms with Crippen LogP contribution in [0.2, 0.25) is 0 Å². The molecular formula is C25H30F2N10O8P2S2+2. The molecule has 0 radical (unpaired) electrons. The Hall–Kier alpha value is -3.04. The summed E-state index contributed by atoms with van der Waals surface area (Å²) < 4.78 is 77.4. The first-order chi connectivity index (χ1) is 23.7. The average molecular weight is 763 g/mol. The lowest BCUT2D eigenvalue weighted by atomic mass is 10.1. The Balaban J connectivity index is 1.03. The first kappa shape index (κ1) is 35.8. The molecule has 0 aliphatic carbocycles. The highest BCUT2D eigenvalue weighted by atomic mass is 32.7. The summed E-state index contributed by atoms with van der Waals surface area (Å²) in [5.41, 5.74) is 1.30. The number of aromatic nitrogens is 8. The second kappa shape index (κ2) is 15.9. The van der Waals surface area contributed by atoms with Gasteiger partial charge in [-0.25, -0.2) is 38.7 Å². The van der Waals surface area contributed by atoms with Gasteiger partial charge in [-0.3, -0.25) is 9.13 Å². The summed E-state index contributed by atoms with van der Waals surface area (Å²) in [5, 5.41) is 25.5. The molecule has 2 saturated heterocycles. The number of rotatable bonds is 15. The zero-order chi connectivity index (χ0) is 34.7. The van der Waals surface area contributed by atoms with Crippen molar-refractivity contribution in [2.45, 2.75) is 55.6 Å². The Morgan fingerprint density at radius 1 is 0.796 bits per heavy atom. The molecule has 0 spiro atoms. The van der Waals surface area contributed by atoms with Gasteiger partial charge in [0.2, 0.25) is 0 Å². The fourth-order valence-corrected chi connectivity index (χ4v) is 7.13. The van der Waals surface area contributed by atoms with E-state index in [9.17, 15) is 19.3 Å². The van der Waals surface area contributed by atoms with Crippen molar-refractivity contribution in [1.82, 2.24) is 39.0 Å². The molecule has 49 heavy (non-hydrogen) atoms. The monoisotopic (exact) mass is 762 g/mol. The third-order valence-corrected chi connectivity index (χ3v) is 9.15. The van der Waals surface area contributed by atoms with Gasteiger partial charge in [0.05, 0.1) is 25.9 Å². The minimum absolute atomic E-state index is 0.280. The maximum Gasteiger partial charge on any atom is 0.582 e. The van der Waals surface area contributed by atoms with Crippen LogP contribution >= 0.6 is 39.0 Å². The number of hydrogen-bond donors (Lipinski definition) is 6. The van der Waals surface area contributed by atoms with Gasteiger partial charge in [-0.05, 0) is 15.6 Å². The van der Waals surface area contributed by atoms with Crippen LogP contribution in [-0.2, 0) is 27.7 Å². The van der Waals surface area contributed by atoms with Crippen LogP contribution in [-0.4, -0.2) is 112 Å². The Kier molecular flexibility index (Phi) is 11.6. The third-order valence-electron chi connectivity index (χ3n) is 7.74. The van der Waals surface area contributed by atoms with Gasteiger partial charge >= 0.3 is 14.5 Å². The molecule has 0 saturated carbocycles. The van der Waals surface area contributed by atoms with Crippen LogP contribution in [0, 0.1) is 0 Å². The molecular weight excluding hydrogens is 732 g/mol. The number of thiol groups is 2. The lowest BCUT2D eigenvalue weighted by Gasteiger charge is -2.15. The maximum absolute atomic E-state index is 15.2. The van der Waals surface area contributed by atoms with Crippen molar-refractivity contribution in [2.24, 2.45) is 0 Å². The first-order valence-corrected chi connectivity index (χ1v) is 19.3. The fourth-order valence-electron chi connectivity index (χ4n) is 5.56. The Morgan fingerprint density at radius 2 is 1.29 bits per heavy atom. The maximum atomic E-state index is 15.2. The van der Waals surface area contributed by atoms with E-state index in [2.05, 4.69) is 65.0 Å². The molecule has 10 atom stereocenters. The number of fused-ring (bicyclic) bond motifs is 2. The Labute approximate surface area is 288 Å². The Bertz CT molecular complexity index is 1840. The normalized spacial score (nSPS) is 27.8. The molecule has 6 rings (SSSR count). The topological polar surface area (TPSA) is 223 Å². The van der Waals surface area contributed by atoms with Gasteiger partial charge < -0.3 is 30.3 Å². The average Bonchev–Trinajstić information content (AvgIpc) is 3.85. The zero-order valence-electron chi connectivity index (χ0n) is 25.1. The van der Waals surface area contributed by atoms with E-state index in [1.807, 2.05) is 12.2 Å². The molecule has 4 aromatic heterocycles. The number of alkyl halides is 2. The smallest absolute Gasteiger partial charge is 0.394 e. The van der Waals surface area contributed by atoms with E-state index < -0.39 is 76.9 Å². The molecule has 2 aliphatic heterocycles. The van der Waals surface area contributed by atoms with Crippen LogP contribution in [0.1, 0.15) is 18.9 Å². The summed E-state index contributed by atoms with van der Waals surface area (Å²) >= 11 is 7.35. The highest BCUT2D eigenvalue weighted by Gasteiger charge is 2.52. The van der Waals surface area contributed by atoms with E-state index in [1.165, 1.54) is 34.4 Å². The minimum Gasteiger partial charge on any atom is -0.394 e. The minimum atomic E-state index is -2.43.